The number of hydrogen-bond donors (Lipinski definition) is 2. The van der Waals surface area contributed by atoms with Crippen molar-refractivity contribution in [2.24, 2.45) is 0 Å². The molecule has 0 aromatic carbocycles. The minimum Gasteiger partial charge on any atom is -0.478 e. The van der Waals surface area contributed by atoms with Gasteiger partial charge in [0, 0.05) is 12.6 Å². The molecule has 19 heavy (non-hydrogen) atoms. The van der Waals surface area contributed by atoms with Gasteiger partial charge in [-0.15, -0.1) is 0 Å². The fourth-order valence-corrected chi connectivity index (χ4v) is 2.13. The topological polar surface area (TPSA) is 79.3 Å². The number of carbonyl (C=O) groups is 2. The van der Waals surface area contributed by atoms with E-state index in [4.69, 9.17) is 5.11 Å². The van der Waals surface area contributed by atoms with E-state index in [1.807, 2.05) is 0 Å². The predicted molar refractivity (Wildman–Crippen MR) is 71.0 cm³/mol. The molecule has 5 nitrogen and oxygen atoms in total. The van der Waals surface area contributed by atoms with E-state index in [1.165, 1.54) is 24.8 Å². The average Bonchev–Trinajstić information content (AvgIpc) is 2.40. The van der Waals surface area contributed by atoms with Crippen molar-refractivity contribution in [2.75, 3.05) is 5.32 Å². The van der Waals surface area contributed by atoms with Crippen LogP contribution in [0, 0.1) is 0 Å². The fourth-order valence-electron chi connectivity index (χ4n) is 2.13. The van der Waals surface area contributed by atoms with E-state index in [0.29, 0.717) is 6.42 Å². The van der Waals surface area contributed by atoms with Gasteiger partial charge in [0.15, 0.2) is 0 Å². The van der Waals surface area contributed by atoms with Crippen LogP contribution in [0.2, 0.25) is 0 Å². The van der Waals surface area contributed by atoms with E-state index in [1.54, 1.807) is 0 Å². The maximum absolute atomic E-state index is 11.9. The Morgan fingerprint density at radius 2 is 2.21 bits per heavy atom. The lowest BCUT2D eigenvalue weighted by atomic mass is 9.97. The summed E-state index contributed by atoms with van der Waals surface area (Å²) in [4.78, 5) is 26.8. The number of amides is 1. The second kappa shape index (κ2) is 6.13. The number of pyridine rings is 1. The molecule has 100 valence electrons. The van der Waals surface area contributed by atoms with Gasteiger partial charge in [0.1, 0.15) is 11.4 Å². The maximum atomic E-state index is 11.9. The van der Waals surface area contributed by atoms with Gasteiger partial charge in [-0.05, 0) is 37.8 Å². The molecule has 0 fully saturated rings. The van der Waals surface area contributed by atoms with Gasteiger partial charge >= 0.3 is 5.97 Å². The molecule has 0 aliphatic heterocycles. The molecule has 2 N–H and O–H groups in total. The van der Waals surface area contributed by atoms with Crippen LogP contribution in [0.15, 0.2) is 30.0 Å². The van der Waals surface area contributed by atoms with Crippen LogP contribution in [-0.2, 0) is 4.79 Å². The highest BCUT2D eigenvalue weighted by Crippen LogP contribution is 2.21. The molecule has 0 unspecified atom stereocenters. The highest BCUT2D eigenvalue weighted by Gasteiger charge is 2.14. The van der Waals surface area contributed by atoms with Crippen molar-refractivity contribution in [3.8, 4) is 0 Å². The first-order valence-electron chi connectivity index (χ1n) is 6.33. The fraction of sp³-hybridized carbons (Fsp3) is 0.357. The minimum atomic E-state index is -1.10. The minimum absolute atomic E-state index is 0.00785. The summed E-state index contributed by atoms with van der Waals surface area (Å²) in [7, 11) is 0. The number of aromatic nitrogens is 1. The molecular formula is C14H16N2O3. The van der Waals surface area contributed by atoms with Crippen LogP contribution in [0.25, 0.3) is 0 Å². The molecule has 1 aliphatic rings. The van der Waals surface area contributed by atoms with Gasteiger partial charge in [0.2, 0.25) is 5.91 Å². The van der Waals surface area contributed by atoms with Crippen molar-refractivity contribution in [1.29, 1.82) is 0 Å². The molecular weight excluding hydrogens is 244 g/mol. The molecule has 5 heteroatoms. The van der Waals surface area contributed by atoms with E-state index < -0.39 is 5.97 Å². The smallest absolute Gasteiger partial charge is 0.339 e. The molecule has 1 heterocycles. The molecule has 1 aromatic heterocycles. The van der Waals surface area contributed by atoms with Crippen molar-refractivity contribution in [1.82, 2.24) is 4.98 Å². The zero-order valence-corrected chi connectivity index (χ0v) is 10.6. The van der Waals surface area contributed by atoms with E-state index >= 15 is 0 Å². The lowest BCUT2D eigenvalue weighted by Crippen LogP contribution is -2.16. The molecule has 0 atom stereocenters. The Balaban J connectivity index is 2.02. The van der Waals surface area contributed by atoms with Crippen LogP contribution in [0.4, 0.5) is 5.82 Å². The van der Waals surface area contributed by atoms with Crippen molar-refractivity contribution in [3.05, 3.63) is 35.5 Å². The number of carboxylic acid groups (broad SMARTS) is 1. The summed E-state index contributed by atoms with van der Waals surface area (Å²) in [5.74, 6) is -1.20. The molecule has 0 bridgehead atoms. The molecule has 1 amide bonds. The van der Waals surface area contributed by atoms with Gasteiger partial charge in [0.05, 0.1) is 0 Å². The first kappa shape index (κ1) is 13.3. The Morgan fingerprint density at radius 1 is 1.37 bits per heavy atom. The predicted octanol–water partition coefficient (Wildman–Crippen LogP) is 2.61. The number of carboxylic acids is 1. The SMILES string of the molecule is O=C(CC1=CCCCC1)Nc1ncccc1C(=O)O. The number of nitrogens with one attached hydrogen (secondary N) is 1. The van der Waals surface area contributed by atoms with Crippen molar-refractivity contribution < 1.29 is 14.7 Å². The van der Waals surface area contributed by atoms with Gasteiger partial charge in [-0.3, -0.25) is 4.79 Å². The van der Waals surface area contributed by atoms with E-state index in [-0.39, 0.29) is 17.3 Å². The standard InChI is InChI=1S/C14H16N2O3/c17-12(9-10-5-2-1-3-6-10)16-13-11(14(18)19)7-4-8-15-13/h4-5,7-8H,1-3,6,9H2,(H,18,19)(H,15,16,17). The highest BCUT2D eigenvalue weighted by molar-refractivity contribution is 5.99. The third kappa shape index (κ3) is 3.64. The summed E-state index contributed by atoms with van der Waals surface area (Å²) in [5, 5.41) is 11.6. The number of hydrogen-bond acceptors (Lipinski definition) is 3. The quantitative estimate of drug-likeness (QED) is 0.815. The zero-order valence-electron chi connectivity index (χ0n) is 10.6. The Morgan fingerprint density at radius 3 is 2.89 bits per heavy atom. The summed E-state index contributed by atoms with van der Waals surface area (Å²) >= 11 is 0. The molecule has 0 saturated heterocycles. The van der Waals surface area contributed by atoms with Crippen LogP contribution in [-0.4, -0.2) is 22.0 Å². The number of allylic oxidation sites excluding steroid dienone is 1. The Hall–Kier alpha value is -2.17. The molecule has 1 aromatic rings. The lowest BCUT2D eigenvalue weighted by Gasteiger charge is -2.12. The molecule has 1 aliphatic carbocycles. The maximum Gasteiger partial charge on any atom is 0.339 e. The normalized spacial score (nSPS) is 14.6. The zero-order chi connectivity index (χ0) is 13.7. The van der Waals surface area contributed by atoms with Crippen LogP contribution in [0.3, 0.4) is 0 Å². The molecule has 0 spiro atoms. The Labute approximate surface area is 111 Å². The first-order valence-corrected chi connectivity index (χ1v) is 6.33. The number of aromatic carboxylic acids is 1. The largest absolute Gasteiger partial charge is 0.478 e. The number of carbonyl (C=O) groups excluding carboxylic acids is 1. The van der Waals surface area contributed by atoms with Crippen molar-refractivity contribution >= 4 is 17.7 Å². The average molecular weight is 260 g/mol. The van der Waals surface area contributed by atoms with Gasteiger partial charge in [-0.2, -0.15) is 0 Å². The Bertz CT molecular complexity index is 523. The van der Waals surface area contributed by atoms with Crippen LogP contribution in [0.5, 0.6) is 0 Å². The monoisotopic (exact) mass is 260 g/mol. The van der Waals surface area contributed by atoms with Crippen LogP contribution in [0.1, 0.15) is 42.5 Å². The highest BCUT2D eigenvalue weighted by atomic mass is 16.4. The number of anilines is 1. The molecule has 0 radical (unpaired) electrons. The Kier molecular flexibility index (Phi) is 4.28. The van der Waals surface area contributed by atoms with Crippen LogP contribution < -0.4 is 5.32 Å². The van der Waals surface area contributed by atoms with E-state index in [9.17, 15) is 9.59 Å². The molecule has 0 saturated carbocycles. The lowest BCUT2D eigenvalue weighted by molar-refractivity contribution is -0.115. The van der Waals surface area contributed by atoms with Gasteiger partial charge in [-0.1, -0.05) is 11.6 Å². The van der Waals surface area contributed by atoms with Crippen molar-refractivity contribution in [2.45, 2.75) is 32.1 Å². The third-order valence-corrected chi connectivity index (χ3v) is 3.07. The van der Waals surface area contributed by atoms with Gasteiger partial charge < -0.3 is 10.4 Å². The summed E-state index contributed by atoms with van der Waals surface area (Å²) in [6, 6.07) is 2.95. The van der Waals surface area contributed by atoms with Crippen molar-refractivity contribution in [3.63, 3.8) is 0 Å². The summed E-state index contributed by atoms with van der Waals surface area (Å²) in [5.41, 5.74) is 1.13. The summed E-state index contributed by atoms with van der Waals surface area (Å²) in [6.45, 7) is 0. The second-order valence-corrected chi connectivity index (χ2v) is 4.54. The number of nitrogens with zero attached hydrogens (tertiary/aromatic N) is 1. The molecule has 2 rings (SSSR count). The third-order valence-electron chi connectivity index (χ3n) is 3.07. The summed E-state index contributed by atoms with van der Waals surface area (Å²) in [6.07, 6.45) is 8.13. The first-order chi connectivity index (χ1) is 9.16. The van der Waals surface area contributed by atoms with E-state index in [2.05, 4.69) is 16.4 Å². The van der Waals surface area contributed by atoms with E-state index in [0.717, 1.165) is 24.8 Å². The van der Waals surface area contributed by atoms with Gasteiger partial charge in [0.25, 0.3) is 0 Å². The van der Waals surface area contributed by atoms with Crippen LogP contribution >= 0.6 is 0 Å². The van der Waals surface area contributed by atoms with Gasteiger partial charge in [-0.25, -0.2) is 9.78 Å². The summed E-state index contributed by atoms with van der Waals surface area (Å²) < 4.78 is 0. The second-order valence-electron chi connectivity index (χ2n) is 4.54. The number of rotatable bonds is 4.